The van der Waals surface area contributed by atoms with E-state index >= 15 is 0 Å². The van der Waals surface area contributed by atoms with Crippen molar-refractivity contribution in [3.05, 3.63) is 57.0 Å². The highest BCUT2D eigenvalue weighted by molar-refractivity contribution is 6.42. The van der Waals surface area contributed by atoms with Gasteiger partial charge in [0.15, 0.2) is 0 Å². The number of anilines is 2. The topological polar surface area (TPSA) is 24.1 Å². The molecule has 0 saturated carbocycles. The average Bonchev–Trinajstić information content (AvgIpc) is 2.42. The number of rotatable bonds is 5. The van der Waals surface area contributed by atoms with Crippen LogP contribution in [-0.2, 0) is 0 Å². The number of nitrogens with one attached hydrogen (secondary N) is 2. The lowest BCUT2D eigenvalue weighted by atomic mass is 10.2. The molecule has 2 nitrogen and oxygen atoms in total. The summed E-state index contributed by atoms with van der Waals surface area (Å²) in [6.07, 6.45) is 0. The maximum Gasteiger partial charge on any atom is 0.0612 e. The average molecular weight is 330 g/mol. The van der Waals surface area contributed by atoms with Gasteiger partial charge in [0.25, 0.3) is 0 Å². The van der Waals surface area contributed by atoms with Gasteiger partial charge in [-0.2, -0.15) is 0 Å². The molecule has 0 heterocycles. The number of hydrogen-bond donors (Lipinski definition) is 2. The molecule has 0 saturated heterocycles. The van der Waals surface area contributed by atoms with Crippen LogP contribution in [0.3, 0.4) is 0 Å². The second-order valence-corrected chi connectivity index (χ2v) is 5.69. The van der Waals surface area contributed by atoms with Crippen LogP contribution in [0.4, 0.5) is 11.4 Å². The minimum Gasteiger partial charge on any atom is -0.383 e. The molecule has 0 atom stereocenters. The van der Waals surface area contributed by atoms with E-state index in [0.717, 1.165) is 29.5 Å². The predicted octanol–water partition coefficient (Wildman–Crippen LogP) is 5.48. The zero-order valence-corrected chi connectivity index (χ0v) is 13.3. The normalized spacial score (nSPS) is 10.4. The molecule has 0 aliphatic carbocycles. The molecule has 0 fully saturated rings. The first-order chi connectivity index (χ1) is 9.56. The molecule has 0 spiro atoms. The van der Waals surface area contributed by atoms with Gasteiger partial charge >= 0.3 is 0 Å². The quantitative estimate of drug-likeness (QED) is 0.710. The summed E-state index contributed by atoms with van der Waals surface area (Å²) >= 11 is 17.8. The van der Waals surface area contributed by atoms with Gasteiger partial charge in [0, 0.05) is 29.5 Å². The van der Waals surface area contributed by atoms with Crippen LogP contribution >= 0.6 is 34.8 Å². The van der Waals surface area contributed by atoms with Crippen LogP contribution in [0.2, 0.25) is 15.1 Å². The molecule has 2 aromatic carbocycles. The third kappa shape index (κ3) is 4.20. The highest BCUT2D eigenvalue weighted by Gasteiger charge is 2.00. The molecule has 0 bridgehead atoms. The van der Waals surface area contributed by atoms with Crippen molar-refractivity contribution >= 4 is 46.2 Å². The highest BCUT2D eigenvalue weighted by Crippen LogP contribution is 2.25. The van der Waals surface area contributed by atoms with Crippen LogP contribution in [0.25, 0.3) is 0 Å². The van der Waals surface area contributed by atoms with E-state index in [1.54, 1.807) is 6.07 Å². The number of hydrogen-bond acceptors (Lipinski definition) is 2. The van der Waals surface area contributed by atoms with Gasteiger partial charge in [0.2, 0.25) is 0 Å². The third-order valence-corrected chi connectivity index (χ3v) is 3.86. The van der Waals surface area contributed by atoms with Gasteiger partial charge in [0.1, 0.15) is 0 Å². The van der Waals surface area contributed by atoms with Crippen molar-refractivity contribution in [2.75, 3.05) is 23.7 Å². The van der Waals surface area contributed by atoms with Crippen LogP contribution in [0.15, 0.2) is 36.4 Å². The van der Waals surface area contributed by atoms with Crippen molar-refractivity contribution in [2.24, 2.45) is 0 Å². The first-order valence-electron chi connectivity index (χ1n) is 6.25. The summed E-state index contributed by atoms with van der Waals surface area (Å²) in [4.78, 5) is 0. The molecule has 0 aromatic heterocycles. The van der Waals surface area contributed by atoms with Crippen molar-refractivity contribution < 1.29 is 0 Å². The molecule has 0 unspecified atom stereocenters. The lowest BCUT2D eigenvalue weighted by molar-refractivity contribution is 1.07. The minimum absolute atomic E-state index is 0.551. The lowest BCUT2D eigenvalue weighted by Crippen LogP contribution is -2.14. The maximum atomic E-state index is 5.97. The van der Waals surface area contributed by atoms with Crippen molar-refractivity contribution in [1.82, 2.24) is 0 Å². The van der Waals surface area contributed by atoms with Gasteiger partial charge in [-0.05, 0) is 42.8 Å². The molecule has 0 aliphatic heterocycles. The molecule has 20 heavy (non-hydrogen) atoms. The molecule has 2 rings (SSSR count). The van der Waals surface area contributed by atoms with Crippen LogP contribution < -0.4 is 10.6 Å². The van der Waals surface area contributed by atoms with E-state index in [1.807, 2.05) is 37.3 Å². The summed E-state index contributed by atoms with van der Waals surface area (Å²) in [5, 5.41) is 8.47. The third-order valence-electron chi connectivity index (χ3n) is 2.89. The number of benzene rings is 2. The summed E-state index contributed by atoms with van der Waals surface area (Å²) in [5.41, 5.74) is 3.17. The molecule has 106 valence electrons. The summed E-state index contributed by atoms with van der Waals surface area (Å²) in [7, 11) is 0. The van der Waals surface area contributed by atoms with E-state index in [0.29, 0.717) is 10.0 Å². The van der Waals surface area contributed by atoms with E-state index < -0.39 is 0 Å². The molecule has 0 radical (unpaired) electrons. The van der Waals surface area contributed by atoms with Gasteiger partial charge in [-0.3, -0.25) is 0 Å². The Hall–Kier alpha value is -1.09. The summed E-state index contributed by atoms with van der Waals surface area (Å²) in [6.45, 7) is 3.59. The Labute approximate surface area is 134 Å². The Morgan fingerprint density at radius 1 is 0.850 bits per heavy atom. The summed E-state index contributed by atoms with van der Waals surface area (Å²) < 4.78 is 0. The molecular formula is C15H15Cl3N2. The largest absolute Gasteiger partial charge is 0.383 e. The Morgan fingerprint density at radius 2 is 1.60 bits per heavy atom. The molecule has 0 aliphatic rings. The predicted molar refractivity (Wildman–Crippen MR) is 89.6 cm³/mol. The summed E-state index contributed by atoms with van der Waals surface area (Å²) in [5.74, 6) is 0. The van der Waals surface area contributed by atoms with E-state index in [1.165, 1.54) is 5.56 Å². The number of aryl methyl sites for hydroxylation is 1. The standard InChI is InChI=1S/C15H15Cl3N2/c1-10-2-3-11(16)8-15(10)20-7-6-19-12-4-5-13(17)14(18)9-12/h2-5,8-9,19-20H,6-7H2,1H3. The van der Waals surface area contributed by atoms with Crippen LogP contribution in [0.1, 0.15) is 5.56 Å². The van der Waals surface area contributed by atoms with Crippen LogP contribution in [0, 0.1) is 6.92 Å². The molecular weight excluding hydrogens is 315 g/mol. The highest BCUT2D eigenvalue weighted by atomic mass is 35.5. The van der Waals surface area contributed by atoms with Gasteiger partial charge in [0.05, 0.1) is 10.0 Å². The zero-order chi connectivity index (χ0) is 14.5. The van der Waals surface area contributed by atoms with Gasteiger partial charge in [-0.25, -0.2) is 0 Å². The SMILES string of the molecule is Cc1ccc(Cl)cc1NCCNc1ccc(Cl)c(Cl)c1. The minimum atomic E-state index is 0.551. The van der Waals surface area contributed by atoms with Gasteiger partial charge in [-0.15, -0.1) is 0 Å². The van der Waals surface area contributed by atoms with E-state index in [2.05, 4.69) is 10.6 Å². The van der Waals surface area contributed by atoms with Crippen molar-refractivity contribution in [1.29, 1.82) is 0 Å². The second kappa shape index (κ2) is 7.07. The van der Waals surface area contributed by atoms with Gasteiger partial charge < -0.3 is 10.6 Å². The summed E-state index contributed by atoms with van der Waals surface area (Å²) in [6, 6.07) is 11.3. The molecule has 0 amide bonds. The Kier molecular flexibility index (Phi) is 5.41. The Bertz CT molecular complexity index is 600. The molecule has 2 N–H and O–H groups in total. The monoisotopic (exact) mass is 328 g/mol. The molecule has 5 heteroatoms. The lowest BCUT2D eigenvalue weighted by Gasteiger charge is -2.11. The van der Waals surface area contributed by atoms with Crippen LogP contribution in [-0.4, -0.2) is 13.1 Å². The smallest absolute Gasteiger partial charge is 0.0612 e. The van der Waals surface area contributed by atoms with E-state index in [4.69, 9.17) is 34.8 Å². The van der Waals surface area contributed by atoms with Crippen molar-refractivity contribution in [2.45, 2.75) is 6.92 Å². The maximum absolute atomic E-state index is 5.97. The Morgan fingerprint density at radius 3 is 2.35 bits per heavy atom. The van der Waals surface area contributed by atoms with Crippen molar-refractivity contribution in [3.8, 4) is 0 Å². The van der Waals surface area contributed by atoms with Crippen LogP contribution in [0.5, 0.6) is 0 Å². The Balaban J connectivity index is 1.84. The fraction of sp³-hybridized carbons (Fsp3) is 0.200. The first kappa shape index (κ1) is 15.3. The van der Waals surface area contributed by atoms with Crippen molar-refractivity contribution in [3.63, 3.8) is 0 Å². The van der Waals surface area contributed by atoms with Gasteiger partial charge in [-0.1, -0.05) is 40.9 Å². The first-order valence-corrected chi connectivity index (χ1v) is 7.38. The molecule has 2 aromatic rings. The number of halogens is 3. The van der Waals surface area contributed by atoms with E-state index in [-0.39, 0.29) is 0 Å². The fourth-order valence-corrected chi connectivity index (χ4v) is 2.26. The van der Waals surface area contributed by atoms with E-state index in [9.17, 15) is 0 Å². The second-order valence-electron chi connectivity index (χ2n) is 4.44. The zero-order valence-electron chi connectivity index (χ0n) is 11.0. The fourth-order valence-electron chi connectivity index (χ4n) is 1.79.